The van der Waals surface area contributed by atoms with Crippen LogP contribution in [0.25, 0.3) is 0 Å². The molecule has 1 aliphatic rings. The van der Waals surface area contributed by atoms with Gasteiger partial charge in [0.2, 0.25) is 0 Å². The molecule has 2 atom stereocenters. The number of guanidine groups is 1. The van der Waals surface area contributed by atoms with Gasteiger partial charge in [0.25, 0.3) is 0 Å². The van der Waals surface area contributed by atoms with Gasteiger partial charge in [-0.2, -0.15) is 0 Å². The zero-order valence-corrected chi connectivity index (χ0v) is 16.0. The Bertz CT molecular complexity index is 455. The topological polar surface area (TPSA) is 32.6 Å². The van der Waals surface area contributed by atoms with Gasteiger partial charge in [0, 0.05) is 38.6 Å². The highest BCUT2D eigenvalue weighted by Gasteiger charge is 2.37. The number of aryl methyl sites for hydroxylation is 1. The van der Waals surface area contributed by atoms with E-state index < -0.39 is 0 Å². The van der Waals surface area contributed by atoms with Gasteiger partial charge in [0.05, 0.1) is 6.54 Å². The van der Waals surface area contributed by atoms with Crippen molar-refractivity contribution in [3.63, 3.8) is 0 Å². The lowest BCUT2D eigenvalue weighted by Crippen LogP contribution is -2.40. The Kier molecular flexibility index (Phi) is 7.56. The van der Waals surface area contributed by atoms with Crippen LogP contribution in [0.15, 0.2) is 23.3 Å². The third kappa shape index (κ3) is 5.20. The summed E-state index contributed by atoms with van der Waals surface area (Å²) in [4.78, 5) is 6.85. The van der Waals surface area contributed by atoms with Gasteiger partial charge in [0.1, 0.15) is 0 Å². The number of nitrogens with zero attached hydrogens (tertiary/aromatic N) is 3. The first-order valence-electron chi connectivity index (χ1n) is 7.78. The molecule has 1 N–H and O–H groups in total. The number of halogens is 1. The van der Waals surface area contributed by atoms with Crippen molar-refractivity contribution in [1.29, 1.82) is 0 Å². The van der Waals surface area contributed by atoms with Crippen molar-refractivity contribution in [1.82, 2.24) is 14.8 Å². The van der Waals surface area contributed by atoms with Gasteiger partial charge in [0.15, 0.2) is 5.96 Å². The summed E-state index contributed by atoms with van der Waals surface area (Å²) in [5, 5.41) is 3.63. The van der Waals surface area contributed by atoms with Crippen LogP contribution >= 0.6 is 24.0 Å². The molecule has 1 aromatic rings. The van der Waals surface area contributed by atoms with Crippen LogP contribution in [0.1, 0.15) is 38.8 Å². The van der Waals surface area contributed by atoms with Gasteiger partial charge in [-0.3, -0.25) is 4.99 Å². The fourth-order valence-electron chi connectivity index (χ4n) is 2.68. The first-order valence-corrected chi connectivity index (χ1v) is 7.78. The molecule has 21 heavy (non-hydrogen) atoms. The van der Waals surface area contributed by atoms with E-state index in [1.165, 1.54) is 25.0 Å². The summed E-state index contributed by atoms with van der Waals surface area (Å²) in [6.45, 7) is 6.07. The van der Waals surface area contributed by atoms with E-state index in [0.29, 0.717) is 6.04 Å². The van der Waals surface area contributed by atoms with E-state index in [2.05, 4.69) is 66.0 Å². The van der Waals surface area contributed by atoms with E-state index in [4.69, 9.17) is 0 Å². The largest absolute Gasteiger partial charge is 0.353 e. The minimum absolute atomic E-state index is 0. The molecule has 0 spiro atoms. The van der Waals surface area contributed by atoms with Crippen LogP contribution < -0.4 is 5.32 Å². The second-order valence-electron chi connectivity index (χ2n) is 5.80. The van der Waals surface area contributed by atoms with Crippen LogP contribution in [0.3, 0.4) is 0 Å². The predicted molar refractivity (Wildman–Crippen MR) is 100 cm³/mol. The molecule has 5 heteroatoms. The van der Waals surface area contributed by atoms with Crippen molar-refractivity contribution in [3.8, 4) is 0 Å². The molecule has 1 fully saturated rings. The quantitative estimate of drug-likeness (QED) is 0.449. The predicted octanol–water partition coefficient (Wildman–Crippen LogP) is 3.23. The summed E-state index contributed by atoms with van der Waals surface area (Å²) in [5.74, 6) is 1.89. The van der Waals surface area contributed by atoms with Gasteiger partial charge in [-0.05, 0) is 37.8 Å². The Hall–Kier alpha value is -0.720. The Morgan fingerprint density at radius 1 is 1.48 bits per heavy atom. The minimum Gasteiger partial charge on any atom is -0.353 e. The summed E-state index contributed by atoms with van der Waals surface area (Å²) in [6, 6.07) is 4.89. The summed E-state index contributed by atoms with van der Waals surface area (Å²) >= 11 is 0. The Morgan fingerprint density at radius 3 is 2.81 bits per heavy atom. The summed E-state index contributed by atoms with van der Waals surface area (Å²) < 4.78 is 2.16. The molecule has 0 aliphatic heterocycles. The summed E-state index contributed by atoms with van der Waals surface area (Å²) in [6.07, 6.45) is 6.00. The summed E-state index contributed by atoms with van der Waals surface area (Å²) in [7, 11) is 4.21. The molecular formula is C16H29IN4. The molecule has 1 aliphatic carbocycles. The minimum atomic E-state index is 0. The van der Waals surface area contributed by atoms with Crippen LogP contribution in [0.5, 0.6) is 0 Å². The van der Waals surface area contributed by atoms with Crippen molar-refractivity contribution in [2.24, 2.45) is 18.0 Å². The second-order valence-corrected chi connectivity index (χ2v) is 5.80. The fraction of sp³-hybridized carbons (Fsp3) is 0.688. The molecule has 2 unspecified atom stereocenters. The molecule has 1 heterocycles. The van der Waals surface area contributed by atoms with E-state index in [9.17, 15) is 0 Å². The van der Waals surface area contributed by atoms with E-state index in [1.54, 1.807) is 0 Å². The first-order chi connectivity index (χ1) is 9.65. The summed E-state index contributed by atoms with van der Waals surface area (Å²) in [5.41, 5.74) is 1.30. The van der Waals surface area contributed by atoms with E-state index in [-0.39, 0.29) is 24.0 Å². The molecule has 120 valence electrons. The highest BCUT2D eigenvalue weighted by atomic mass is 127. The molecule has 2 rings (SSSR count). The third-order valence-electron chi connectivity index (χ3n) is 4.02. The molecule has 1 aromatic heterocycles. The van der Waals surface area contributed by atoms with Crippen LogP contribution in [-0.2, 0) is 13.6 Å². The first kappa shape index (κ1) is 18.3. The van der Waals surface area contributed by atoms with E-state index in [1.807, 2.05) is 0 Å². The Morgan fingerprint density at radius 2 is 2.24 bits per heavy atom. The third-order valence-corrected chi connectivity index (χ3v) is 4.02. The lowest BCUT2D eigenvalue weighted by molar-refractivity contribution is 0.457. The van der Waals surface area contributed by atoms with Crippen molar-refractivity contribution in [3.05, 3.63) is 24.0 Å². The van der Waals surface area contributed by atoms with Crippen LogP contribution in [0, 0.1) is 5.92 Å². The maximum atomic E-state index is 4.63. The molecule has 4 nitrogen and oxygen atoms in total. The van der Waals surface area contributed by atoms with E-state index in [0.717, 1.165) is 25.0 Å². The number of hydrogen-bond donors (Lipinski definition) is 1. The molecule has 1 saturated carbocycles. The monoisotopic (exact) mass is 404 g/mol. The van der Waals surface area contributed by atoms with E-state index >= 15 is 0 Å². The van der Waals surface area contributed by atoms with Gasteiger partial charge < -0.3 is 14.8 Å². The fourth-order valence-corrected chi connectivity index (χ4v) is 2.68. The highest BCUT2D eigenvalue weighted by molar-refractivity contribution is 14.0. The second kappa shape index (κ2) is 8.66. The van der Waals surface area contributed by atoms with Gasteiger partial charge in [-0.1, -0.05) is 13.3 Å². The molecule has 0 radical (unpaired) electrons. The van der Waals surface area contributed by atoms with Crippen molar-refractivity contribution in [2.75, 3.05) is 13.6 Å². The normalized spacial score (nSPS) is 20.9. The molecule has 0 saturated heterocycles. The zero-order valence-electron chi connectivity index (χ0n) is 13.7. The molecule has 0 aromatic carbocycles. The van der Waals surface area contributed by atoms with Crippen molar-refractivity contribution >= 4 is 29.9 Å². The standard InChI is InChI=1S/C16H28N4.HI/c1-5-8-13-11-15(13)18-16(17-6-2)20(4)12-14-9-7-10-19(14)3;/h7,9-10,13,15H,5-6,8,11-12H2,1-4H3,(H,17,18);1H. The average Bonchev–Trinajstić information content (AvgIpc) is 3.02. The molecule has 0 amide bonds. The number of hydrogen-bond acceptors (Lipinski definition) is 1. The number of aromatic nitrogens is 1. The van der Waals surface area contributed by atoms with Crippen molar-refractivity contribution in [2.45, 2.75) is 45.7 Å². The van der Waals surface area contributed by atoms with Crippen LogP contribution in [0.2, 0.25) is 0 Å². The van der Waals surface area contributed by atoms with Crippen LogP contribution in [-0.4, -0.2) is 35.1 Å². The Balaban J connectivity index is 0.00000220. The lowest BCUT2D eigenvalue weighted by atomic mass is 10.2. The number of nitrogens with one attached hydrogen (secondary N) is 1. The van der Waals surface area contributed by atoms with Gasteiger partial charge >= 0.3 is 0 Å². The maximum Gasteiger partial charge on any atom is 0.194 e. The maximum absolute atomic E-state index is 4.63. The van der Waals surface area contributed by atoms with Crippen molar-refractivity contribution < 1.29 is 0 Å². The zero-order chi connectivity index (χ0) is 14.5. The Labute approximate surface area is 146 Å². The number of aliphatic imine (C=N–C) groups is 1. The average molecular weight is 404 g/mol. The number of rotatable bonds is 6. The lowest BCUT2D eigenvalue weighted by Gasteiger charge is -2.23. The van der Waals surface area contributed by atoms with Crippen LogP contribution in [0.4, 0.5) is 0 Å². The molecular weight excluding hydrogens is 375 g/mol. The van der Waals surface area contributed by atoms with Gasteiger partial charge in [-0.15, -0.1) is 24.0 Å². The smallest absolute Gasteiger partial charge is 0.194 e. The SMILES string of the molecule is CCCC1CC1NC(=NCC)N(C)Cc1cccn1C.I. The highest BCUT2D eigenvalue weighted by Crippen LogP contribution is 2.34. The molecule has 0 bridgehead atoms. The van der Waals surface area contributed by atoms with Gasteiger partial charge in [-0.25, -0.2) is 0 Å².